The molecule has 2 heterocycles. The summed E-state index contributed by atoms with van der Waals surface area (Å²) in [6, 6.07) is 0.322. The van der Waals surface area contributed by atoms with E-state index in [-0.39, 0.29) is 12.5 Å². The highest BCUT2D eigenvalue weighted by Gasteiger charge is 2.21. The van der Waals surface area contributed by atoms with E-state index in [1.807, 2.05) is 0 Å². The van der Waals surface area contributed by atoms with Crippen LogP contribution in [-0.4, -0.2) is 63.8 Å². The summed E-state index contributed by atoms with van der Waals surface area (Å²) in [7, 11) is 0. The monoisotopic (exact) mass is 285 g/mol. The molecule has 2 rings (SSSR count). The van der Waals surface area contributed by atoms with E-state index in [0.717, 1.165) is 31.0 Å². The van der Waals surface area contributed by atoms with Crippen molar-refractivity contribution in [1.82, 2.24) is 25.6 Å². The number of carbonyl (C=O) groups is 1. The molecule has 106 valence electrons. The lowest BCUT2D eigenvalue weighted by molar-refractivity contribution is 0.0951. The minimum absolute atomic E-state index is 0.179. The van der Waals surface area contributed by atoms with Gasteiger partial charge < -0.3 is 15.7 Å². The fourth-order valence-corrected chi connectivity index (χ4v) is 2.40. The third kappa shape index (κ3) is 4.19. The van der Waals surface area contributed by atoms with Crippen molar-refractivity contribution in [2.24, 2.45) is 0 Å². The molecular formula is C11H19N5O2S. The Balaban J connectivity index is 1.66. The molecule has 0 saturated carbocycles. The van der Waals surface area contributed by atoms with Crippen LogP contribution in [0.15, 0.2) is 6.20 Å². The predicted molar refractivity (Wildman–Crippen MR) is 73.3 cm³/mol. The predicted octanol–water partition coefficient (Wildman–Crippen LogP) is -0.732. The van der Waals surface area contributed by atoms with Gasteiger partial charge in [-0.1, -0.05) is 5.21 Å². The highest BCUT2D eigenvalue weighted by Crippen LogP contribution is 2.09. The smallest absolute Gasteiger partial charge is 0.273 e. The number of aromatic nitrogens is 3. The molecule has 0 aromatic carbocycles. The third-order valence-electron chi connectivity index (χ3n) is 2.86. The van der Waals surface area contributed by atoms with Crippen molar-refractivity contribution in [3.8, 4) is 0 Å². The number of rotatable bonds is 8. The Bertz CT molecular complexity index is 408. The van der Waals surface area contributed by atoms with Crippen LogP contribution in [0, 0.1) is 0 Å². The number of aliphatic hydroxyl groups is 1. The molecule has 1 saturated heterocycles. The van der Waals surface area contributed by atoms with Crippen molar-refractivity contribution >= 4 is 17.7 Å². The SMILES string of the molecule is O=C(NCCSCCCO)c1cn(C2CNC2)nn1. The average molecular weight is 285 g/mol. The zero-order valence-electron chi connectivity index (χ0n) is 10.7. The first-order valence-electron chi connectivity index (χ1n) is 6.40. The zero-order chi connectivity index (χ0) is 13.5. The number of aliphatic hydroxyl groups excluding tert-OH is 1. The van der Waals surface area contributed by atoms with E-state index in [2.05, 4.69) is 20.9 Å². The second-order valence-electron chi connectivity index (χ2n) is 4.34. The first kappa shape index (κ1) is 14.3. The maximum atomic E-state index is 11.8. The Hall–Kier alpha value is -1.12. The van der Waals surface area contributed by atoms with Crippen molar-refractivity contribution in [3.05, 3.63) is 11.9 Å². The second-order valence-corrected chi connectivity index (χ2v) is 5.57. The maximum Gasteiger partial charge on any atom is 0.273 e. The summed E-state index contributed by atoms with van der Waals surface area (Å²) >= 11 is 1.71. The number of hydrogen-bond acceptors (Lipinski definition) is 6. The van der Waals surface area contributed by atoms with E-state index in [0.29, 0.717) is 18.3 Å². The van der Waals surface area contributed by atoms with Crippen LogP contribution in [-0.2, 0) is 0 Å². The Morgan fingerprint density at radius 1 is 1.58 bits per heavy atom. The molecule has 0 bridgehead atoms. The normalized spacial score (nSPS) is 15.2. The van der Waals surface area contributed by atoms with Crippen LogP contribution in [0.2, 0.25) is 0 Å². The number of thioether (sulfide) groups is 1. The standard InChI is InChI=1S/C11H19N5O2S/c17-3-1-4-19-5-2-13-11(18)10-8-16(15-14-10)9-6-12-7-9/h8-9,12,17H,1-7H2,(H,13,18). The molecule has 0 unspecified atom stereocenters. The lowest BCUT2D eigenvalue weighted by Gasteiger charge is -2.26. The largest absolute Gasteiger partial charge is 0.396 e. The van der Waals surface area contributed by atoms with E-state index < -0.39 is 0 Å². The van der Waals surface area contributed by atoms with Gasteiger partial charge in [-0.15, -0.1) is 5.10 Å². The zero-order valence-corrected chi connectivity index (χ0v) is 11.5. The van der Waals surface area contributed by atoms with Gasteiger partial charge in [-0.05, 0) is 12.2 Å². The summed E-state index contributed by atoms with van der Waals surface area (Å²) in [6.07, 6.45) is 2.49. The molecule has 0 aliphatic carbocycles. The maximum absolute atomic E-state index is 11.8. The van der Waals surface area contributed by atoms with E-state index in [1.54, 1.807) is 22.6 Å². The van der Waals surface area contributed by atoms with Gasteiger partial charge >= 0.3 is 0 Å². The number of hydrogen-bond donors (Lipinski definition) is 3. The molecule has 7 nitrogen and oxygen atoms in total. The Labute approximate surface area is 116 Å². The molecule has 3 N–H and O–H groups in total. The molecular weight excluding hydrogens is 266 g/mol. The molecule has 1 aromatic rings. The van der Waals surface area contributed by atoms with Crippen LogP contribution in [0.25, 0.3) is 0 Å². The van der Waals surface area contributed by atoms with Crippen LogP contribution in [0.3, 0.4) is 0 Å². The van der Waals surface area contributed by atoms with Crippen molar-refractivity contribution < 1.29 is 9.90 Å². The summed E-state index contributed by atoms with van der Waals surface area (Å²) in [4.78, 5) is 11.8. The van der Waals surface area contributed by atoms with E-state index in [1.165, 1.54) is 0 Å². The van der Waals surface area contributed by atoms with Crippen molar-refractivity contribution in [3.63, 3.8) is 0 Å². The molecule has 1 fully saturated rings. The molecule has 1 aliphatic heterocycles. The molecule has 0 spiro atoms. The highest BCUT2D eigenvalue weighted by molar-refractivity contribution is 7.99. The van der Waals surface area contributed by atoms with Gasteiger partial charge in [0.2, 0.25) is 0 Å². The van der Waals surface area contributed by atoms with Crippen LogP contribution >= 0.6 is 11.8 Å². The van der Waals surface area contributed by atoms with Crippen molar-refractivity contribution in [2.75, 3.05) is 37.7 Å². The third-order valence-corrected chi connectivity index (χ3v) is 3.93. The fourth-order valence-electron chi connectivity index (χ4n) is 1.62. The molecule has 19 heavy (non-hydrogen) atoms. The topological polar surface area (TPSA) is 92.1 Å². The van der Waals surface area contributed by atoms with Gasteiger partial charge in [-0.3, -0.25) is 4.79 Å². The molecule has 1 aromatic heterocycles. The van der Waals surface area contributed by atoms with Gasteiger partial charge in [0, 0.05) is 32.0 Å². The molecule has 1 amide bonds. The van der Waals surface area contributed by atoms with Gasteiger partial charge in [0.05, 0.1) is 12.2 Å². The van der Waals surface area contributed by atoms with Gasteiger partial charge in [0.25, 0.3) is 5.91 Å². The number of nitrogens with one attached hydrogen (secondary N) is 2. The van der Waals surface area contributed by atoms with E-state index in [4.69, 9.17) is 5.11 Å². The summed E-state index contributed by atoms with van der Waals surface area (Å²) < 4.78 is 1.74. The van der Waals surface area contributed by atoms with Crippen molar-refractivity contribution in [2.45, 2.75) is 12.5 Å². The lowest BCUT2D eigenvalue weighted by atomic mass is 10.2. The van der Waals surface area contributed by atoms with E-state index >= 15 is 0 Å². The lowest BCUT2D eigenvalue weighted by Crippen LogP contribution is -2.43. The minimum atomic E-state index is -0.179. The molecule has 1 aliphatic rings. The van der Waals surface area contributed by atoms with Crippen LogP contribution in [0.5, 0.6) is 0 Å². The van der Waals surface area contributed by atoms with Gasteiger partial charge in [-0.25, -0.2) is 4.68 Å². The minimum Gasteiger partial charge on any atom is -0.396 e. The number of nitrogens with zero attached hydrogens (tertiary/aromatic N) is 3. The first-order chi connectivity index (χ1) is 9.31. The van der Waals surface area contributed by atoms with Gasteiger partial charge in [0.1, 0.15) is 0 Å². The average Bonchev–Trinajstić information content (AvgIpc) is 2.80. The molecule has 8 heteroatoms. The van der Waals surface area contributed by atoms with Gasteiger partial charge in [0.15, 0.2) is 5.69 Å². The summed E-state index contributed by atoms with van der Waals surface area (Å²) in [5.74, 6) is 1.57. The number of amides is 1. The van der Waals surface area contributed by atoms with Crippen molar-refractivity contribution in [1.29, 1.82) is 0 Å². The molecule has 0 atom stereocenters. The Morgan fingerprint density at radius 2 is 2.42 bits per heavy atom. The Kier molecular flexibility index (Phi) is 5.62. The van der Waals surface area contributed by atoms with E-state index in [9.17, 15) is 4.79 Å². The number of carbonyl (C=O) groups excluding carboxylic acids is 1. The first-order valence-corrected chi connectivity index (χ1v) is 7.56. The molecule has 0 radical (unpaired) electrons. The Morgan fingerprint density at radius 3 is 3.11 bits per heavy atom. The quantitative estimate of drug-likeness (QED) is 0.545. The summed E-state index contributed by atoms with van der Waals surface area (Å²) in [5.41, 5.74) is 0.368. The summed E-state index contributed by atoms with van der Waals surface area (Å²) in [5, 5.41) is 22.4. The summed E-state index contributed by atoms with van der Waals surface area (Å²) in [6.45, 7) is 2.59. The fraction of sp³-hybridized carbons (Fsp3) is 0.727. The van der Waals surface area contributed by atoms with Crippen LogP contribution < -0.4 is 10.6 Å². The van der Waals surface area contributed by atoms with Crippen LogP contribution in [0.1, 0.15) is 23.0 Å². The van der Waals surface area contributed by atoms with Gasteiger partial charge in [-0.2, -0.15) is 11.8 Å². The second kappa shape index (κ2) is 7.46. The van der Waals surface area contributed by atoms with Crippen LogP contribution in [0.4, 0.5) is 0 Å². The highest BCUT2D eigenvalue weighted by atomic mass is 32.2.